The molecule has 2 nitrogen and oxygen atoms in total. The maximum atomic E-state index is 7.76. The average Bonchev–Trinajstić information content (AvgIpc) is 2.43. The van der Waals surface area contributed by atoms with E-state index in [4.69, 9.17) is 5.41 Å². The van der Waals surface area contributed by atoms with Gasteiger partial charge in [0.05, 0.1) is 0 Å². The van der Waals surface area contributed by atoms with Crippen molar-refractivity contribution >= 4 is 5.71 Å². The minimum Gasteiger partial charge on any atom is -0.308 e. The molecule has 1 N–H and O–H groups in total. The Hall–Kier alpha value is -0.370. The molecule has 1 aliphatic rings. The third-order valence-electron chi connectivity index (χ3n) is 3.20. The molecule has 1 aliphatic heterocycles. The summed E-state index contributed by atoms with van der Waals surface area (Å²) in [6.07, 6.45) is 10.4. The van der Waals surface area contributed by atoms with Gasteiger partial charge < -0.3 is 5.41 Å². The van der Waals surface area contributed by atoms with Crippen LogP contribution in [0.15, 0.2) is 0 Å². The number of likely N-dealkylation sites (tertiary alicyclic amines) is 1. The predicted molar refractivity (Wildman–Crippen MR) is 66.8 cm³/mol. The van der Waals surface area contributed by atoms with E-state index in [0.717, 1.165) is 18.7 Å². The summed E-state index contributed by atoms with van der Waals surface area (Å²) in [5.41, 5.74) is 0.945. The number of hydrogen-bond donors (Lipinski definition) is 1. The third kappa shape index (κ3) is 5.93. The molecule has 0 aromatic carbocycles. The van der Waals surface area contributed by atoms with Crippen molar-refractivity contribution in [2.45, 2.75) is 58.3 Å². The van der Waals surface area contributed by atoms with E-state index < -0.39 is 0 Å². The lowest BCUT2D eigenvalue weighted by atomic mass is 10.1. The van der Waals surface area contributed by atoms with Crippen molar-refractivity contribution in [3.63, 3.8) is 0 Å². The minimum atomic E-state index is 0.938. The van der Waals surface area contributed by atoms with Gasteiger partial charge in [-0.3, -0.25) is 4.90 Å². The van der Waals surface area contributed by atoms with E-state index in [1.807, 2.05) is 0 Å². The van der Waals surface area contributed by atoms with Crippen LogP contribution in [0.4, 0.5) is 0 Å². The van der Waals surface area contributed by atoms with Gasteiger partial charge in [0, 0.05) is 12.3 Å². The topological polar surface area (TPSA) is 27.1 Å². The van der Waals surface area contributed by atoms with E-state index in [1.54, 1.807) is 0 Å². The van der Waals surface area contributed by atoms with E-state index in [9.17, 15) is 0 Å². The van der Waals surface area contributed by atoms with Gasteiger partial charge in [-0.2, -0.15) is 0 Å². The quantitative estimate of drug-likeness (QED) is 0.668. The molecule has 0 bridgehead atoms. The molecule has 2 heteroatoms. The first-order valence-electron chi connectivity index (χ1n) is 6.61. The molecular formula is C13H26N2. The van der Waals surface area contributed by atoms with Gasteiger partial charge >= 0.3 is 0 Å². The maximum absolute atomic E-state index is 7.76. The Morgan fingerprint density at radius 2 is 1.93 bits per heavy atom. The fourth-order valence-corrected chi connectivity index (χ4v) is 2.23. The molecule has 0 aliphatic carbocycles. The molecule has 88 valence electrons. The molecule has 1 rings (SSSR count). The van der Waals surface area contributed by atoms with E-state index in [-0.39, 0.29) is 0 Å². The minimum absolute atomic E-state index is 0.938. The highest BCUT2D eigenvalue weighted by molar-refractivity contribution is 5.83. The van der Waals surface area contributed by atoms with Gasteiger partial charge in [0.2, 0.25) is 0 Å². The van der Waals surface area contributed by atoms with Crippen LogP contribution < -0.4 is 0 Å². The molecule has 1 heterocycles. The first kappa shape index (κ1) is 12.7. The lowest BCUT2D eigenvalue weighted by Crippen LogP contribution is -2.29. The summed E-state index contributed by atoms with van der Waals surface area (Å²) in [5.74, 6) is 0. The summed E-state index contributed by atoms with van der Waals surface area (Å²) in [5, 5.41) is 7.76. The van der Waals surface area contributed by atoms with Crippen molar-refractivity contribution in [1.29, 1.82) is 5.41 Å². The van der Waals surface area contributed by atoms with Crippen molar-refractivity contribution in [1.82, 2.24) is 4.90 Å². The van der Waals surface area contributed by atoms with Gasteiger partial charge in [-0.25, -0.2) is 0 Å². The van der Waals surface area contributed by atoms with Gasteiger partial charge in [0.1, 0.15) is 0 Å². The second kappa shape index (κ2) is 7.86. The first-order valence-corrected chi connectivity index (χ1v) is 6.61. The van der Waals surface area contributed by atoms with Crippen LogP contribution >= 0.6 is 0 Å². The fraction of sp³-hybridized carbons (Fsp3) is 0.923. The Balaban J connectivity index is 2.06. The number of nitrogens with zero attached hydrogens (tertiary/aromatic N) is 1. The van der Waals surface area contributed by atoms with Crippen molar-refractivity contribution in [2.24, 2.45) is 0 Å². The van der Waals surface area contributed by atoms with E-state index in [1.165, 1.54) is 58.0 Å². The van der Waals surface area contributed by atoms with Gasteiger partial charge in [0.15, 0.2) is 0 Å². The molecule has 0 spiro atoms. The second-order valence-electron chi connectivity index (χ2n) is 4.75. The monoisotopic (exact) mass is 210 g/mol. The van der Waals surface area contributed by atoms with E-state index in [2.05, 4.69) is 11.8 Å². The summed E-state index contributed by atoms with van der Waals surface area (Å²) in [6.45, 7) is 5.63. The highest BCUT2D eigenvalue weighted by Gasteiger charge is 2.11. The molecule has 0 unspecified atom stereocenters. The summed E-state index contributed by atoms with van der Waals surface area (Å²) in [7, 11) is 0. The average molecular weight is 210 g/mol. The van der Waals surface area contributed by atoms with Crippen LogP contribution in [0.25, 0.3) is 0 Å². The fourth-order valence-electron chi connectivity index (χ4n) is 2.23. The zero-order valence-corrected chi connectivity index (χ0v) is 10.2. The molecular weight excluding hydrogens is 184 g/mol. The van der Waals surface area contributed by atoms with Gasteiger partial charge in [-0.15, -0.1) is 0 Å². The summed E-state index contributed by atoms with van der Waals surface area (Å²) < 4.78 is 0. The van der Waals surface area contributed by atoms with Gasteiger partial charge in [-0.1, -0.05) is 32.6 Å². The van der Waals surface area contributed by atoms with Crippen molar-refractivity contribution < 1.29 is 0 Å². The summed E-state index contributed by atoms with van der Waals surface area (Å²) in [6, 6.07) is 0. The van der Waals surface area contributed by atoms with Crippen LogP contribution in [0.5, 0.6) is 0 Å². The Morgan fingerprint density at radius 1 is 1.13 bits per heavy atom. The summed E-state index contributed by atoms with van der Waals surface area (Å²) >= 11 is 0. The third-order valence-corrected chi connectivity index (χ3v) is 3.20. The highest BCUT2D eigenvalue weighted by Crippen LogP contribution is 2.09. The standard InChI is InChI=1S/C13H26N2/c1-2-3-4-5-7-10-15-11-8-6-9-13(14)12-15/h14H,2-12H2,1H3. The van der Waals surface area contributed by atoms with Crippen LogP contribution in [0.2, 0.25) is 0 Å². The van der Waals surface area contributed by atoms with Crippen molar-refractivity contribution in [3.8, 4) is 0 Å². The molecule has 15 heavy (non-hydrogen) atoms. The van der Waals surface area contributed by atoms with Gasteiger partial charge in [-0.05, 0) is 38.8 Å². The van der Waals surface area contributed by atoms with E-state index >= 15 is 0 Å². The number of rotatable bonds is 6. The van der Waals surface area contributed by atoms with E-state index in [0.29, 0.717) is 0 Å². The molecule has 0 radical (unpaired) electrons. The van der Waals surface area contributed by atoms with Crippen molar-refractivity contribution in [2.75, 3.05) is 19.6 Å². The van der Waals surface area contributed by atoms with Crippen LogP contribution in [0.1, 0.15) is 58.3 Å². The van der Waals surface area contributed by atoms with Crippen LogP contribution in [0, 0.1) is 5.41 Å². The number of hydrogen-bond acceptors (Lipinski definition) is 2. The van der Waals surface area contributed by atoms with Gasteiger partial charge in [0.25, 0.3) is 0 Å². The Bertz CT molecular complexity index is 177. The molecule has 0 amide bonds. The normalized spacial score (nSPS) is 19.1. The Morgan fingerprint density at radius 3 is 2.73 bits per heavy atom. The van der Waals surface area contributed by atoms with Crippen LogP contribution in [-0.2, 0) is 0 Å². The molecule has 0 atom stereocenters. The molecule has 1 fully saturated rings. The van der Waals surface area contributed by atoms with Crippen LogP contribution in [0.3, 0.4) is 0 Å². The molecule has 0 aromatic heterocycles. The highest BCUT2D eigenvalue weighted by atomic mass is 15.1. The largest absolute Gasteiger partial charge is 0.308 e. The molecule has 0 aromatic rings. The zero-order valence-electron chi connectivity index (χ0n) is 10.2. The predicted octanol–water partition coefficient (Wildman–Crippen LogP) is 3.46. The summed E-state index contributed by atoms with van der Waals surface area (Å²) in [4.78, 5) is 2.47. The zero-order chi connectivity index (χ0) is 10.9. The maximum Gasteiger partial charge on any atom is 0.0360 e. The smallest absolute Gasteiger partial charge is 0.0360 e. The number of unbranched alkanes of at least 4 members (excludes halogenated alkanes) is 4. The van der Waals surface area contributed by atoms with Crippen LogP contribution in [-0.4, -0.2) is 30.2 Å². The lowest BCUT2D eigenvalue weighted by molar-refractivity contribution is 0.304. The SMILES string of the molecule is CCCCCCCN1CCCCC(=N)C1. The molecule has 1 saturated heterocycles. The first-order chi connectivity index (χ1) is 7.33. The molecule has 0 saturated carbocycles. The van der Waals surface area contributed by atoms with Crippen molar-refractivity contribution in [3.05, 3.63) is 0 Å². The Kier molecular flexibility index (Phi) is 6.66. The second-order valence-corrected chi connectivity index (χ2v) is 4.75. The lowest BCUT2D eigenvalue weighted by Gasteiger charge is -2.19. The Labute approximate surface area is 94.6 Å². The number of nitrogens with one attached hydrogen (secondary N) is 1.